The molecule has 1 amide bonds. The lowest BCUT2D eigenvalue weighted by molar-refractivity contribution is 0.0747. The Morgan fingerprint density at radius 2 is 2.06 bits per heavy atom. The fourth-order valence-electron chi connectivity index (χ4n) is 1.70. The summed E-state index contributed by atoms with van der Waals surface area (Å²) in [6.07, 6.45) is 0. The normalized spacial score (nSPS) is 10.1. The molecule has 1 aromatic carbocycles. The minimum Gasteiger partial charge on any atom is -0.398 e. The standard InChI is InChI=1S/C13H19BrN2O.ClH/c1-4-16(8-9(2)3)13(17)11-6-5-10(14)7-12(11)15;/h5-7,9H,4,8,15H2,1-3H3;1H. The van der Waals surface area contributed by atoms with E-state index < -0.39 is 0 Å². The van der Waals surface area contributed by atoms with E-state index in [-0.39, 0.29) is 18.3 Å². The number of hydrogen-bond acceptors (Lipinski definition) is 2. The van der Waals surface area contributed by atoms with Gasteiger partial charge in [-0.1, -0.05) is 29.8 Å². The second kappa shape index (κ2) is 7.64. The van der Waals surface area contributed by atoms with E-state index >= 15 is 0 Å². The summed E-state index contributed by atoms with van der Waals surface area (Å²) in [7, 11) is 0. The van der Waals surface area contributed by atoms with Crippen LogP contribution in [0.3, 0.4) is 0 Å². The van der Waals surface area contributed by atoms with Gasteiger partial charge in [-0.05, 0) is 31.0 Å². The van der Waals surface area contributed by atoms with Crippen molar-refractivity contribution >= 4 is 39.9 Å². The van der Waals surface area contributed by atoms with Gasteiger partial charge in [-0.2, -0.15) is 0 Å². The molecule has 2 N–H and O–H groups in total. The summed E-state index contributed by atoms with van der Waals surface area (Å²) < 4.78 is 0.887. The molecule has 0 saturated heterocycles. The van der Waals surface area contributed by atoms with E-state index in [1.165, 1.54) is 0 Å². The predicted octanol–water partition coefficient (Wildman–Crippen LogP) is 3.57. The first-order valence-corrected chi connectivity index (χ1v) is 6.59. The van der Waals surface area contributed by atoms with Gasteiger partial charge in [-0.15, -0.1) is 12.4 Å². The molecule has 0 radical (unpaired) electrons. The summed E-state index contributed by atoms with van der Waals surface area (Å²) in [5.41, 5.74) is 6.97. The van der Waals surface area contributed by atoms with Crippen molar-refractivity contribution < 1.29 is 4.79 Å². The Hall–Kier alpha value is -0.740. The van der Waals surface area contributed by atoms with Crippen molar-refractivity contribution in [3.8, 4) is 0 Å². The Morgan fingerprint density at radius 1 is 1.44 bits per heavy atom. The SMILES string of the molecule is CCN(CC(C)C)C(=O)c1ccc(Br)cc1N.Cl. The van der Waals surface area contributed by atoms with Crippen LogP contribution in [0.2, 0.25) is 0 Å². The third kappa shape index (κ3) is 4.50. The monoisotopic (exact) mass is 334 g/mol. The predicted molar refractivity (Wildman–Crippen MR) is 82.2 cm³/mol. The molecular weight excluding hydrogens is 316 g/mol. The zero-order valence-corrected chi connectivity index (χ0v) is 13.3. The van der Waals surface area contributed by atoms with Crippen molar-refractivity contribution in [3.05, 3.63) is 28.2 Å². The van der Waals surface area contributed by atoms with E-state index in [0.717, 1.165) is 11.0 Å². The van der Waals surface area contributed by atoms with Gasteiger partial charge in [0.05, 0.1) is 5.56 Å². The quantitative estimate of drug-likeness (QED) is 0.855. The fourth-order valence-corrected chi connectivity index (χ4v) is 2.07. The number of nitrogens with two attached hydrogens (primary N) is 1. The number of halogens is 2. The average molecular weight is 336 g/mol. The van der Waals surface area contributed by atoms with Crippen LogP contribution in [0.15, 0.2) is 22.7 Å². The number of anilines is 1. The first-order chi connectivity index (χ1) is 7.95. The van der Waals surface area contributed by atoms with E-state index in [1.807, 2.05) is 17.9 Å². The van der Waals surface area contributed by atoms with Crippen LogP contribution in [0, 0.1) is 5.92 Å². The molecule has 0 aliphatic heterocycles. The van der Waals surface area contributed by atoms with Gasteiger partial charge in [0, 0.05) is 23.2 Å². The van der Waals surface area contributed by atoms with Gasteiger partial charge >= 0.3 is 0 Å². The highest BCUT2D eigenvalue weighted by Crippen LogP contribution is 2.20. The summed E-state index contributed by atoms with van der Waals surface area (Å²) in [5, 5.41) is 0. The van der Waals surface area contributed by atoms with Gasteiger partial charge in [-0.3, -0.25) is 4.79 Å². The maximum atomic E-state index is 12.3. The van der Waals surface area contributed by atoms with Gasteiger partial charge in [0.2, 0.25) is 0 Å². The molecule has 18 heavy (non-hydrogen) atoms. The van der Waals surface area contributed by atoms with Crippen LogP contribution in [0.1, 0.15) is 31.1 Å². The minimum absolute atomic E-state index is 0. The van der Waals surface area contributed by atoms with Crippen molar-refractivity contribution in [2.24, 2.45) is 5.92 Å². The highest BCUT2D eigenvalue weighted by Gasteiger charge is 2.17. The van der Waals surface area contributed by atoms with Crippen LogP contribution in [-0.4, -0.2) is 23.9 Å². The Kier molecular flexibility index (Phi) is 7.33. The number of hydrogen-bond donors (Lipinski definition) is 1. The molecule has 0 aliphatic rings. The molecule has 0 fully saturated rings. The number of carbonyl (C=O) groups excluding carboxylic acids is 1. The number of rotatable bonds is 4. The number of nitrogens with zero attached hydrogens (tertiary/aromatic N) is 1. The molecule has 0 saturated carbocycles. The highest BCUT2D eigenvalue weighted by atomic mass is 79.9. The third-order valence-corrected chi connectivity index (χ3v) is 2.99. The zero-order valence-electron chi connectivity index (χ0n) is 10.9. The van der Waals surface area contributed by atoms with Crippen molar-refractivity contribution in [2.45, 2.75) is 20.8 Å². The van der Waals surface area contributed by atoms with Crippen molar-refractivity contribution in [1.29, 1.82) is 0 Å². The van der Waals surface area contributed by atoms with E-state index in [9.17, 15) is 4.79 Å². The molecule has 0 atom stereocenters. The first kappa shape index (κ1) is 17.3. The summed E-state index contributed by atoms with van der Waals surface area (Å²) in [5.74, 6) is 0.460. The maximum absolute atomic E-state index is 12.3. The van der Waals surface area contributed by atoms with Crippen molar-refractivity contribution in [1.82, 2.24) is 4.90 Å². The van der Waals surface area contributed by atoms with E-state index in [4.69, 9.17) is 5.73 Å². The Bertz CT molecular complexity index is 410. The number of benzene rings is 1. The van der Waals surface area contributed by atoms with Gasteiger partial charge in [0.1, 0.15) is 0 Å². The number of amides is 1. The Labute approximate surface area is 123 Å². The van der Waals surface area contributed by atoms with Gasteiger partial charge in [0.25, 0.3) is 5.91 Å². The third-order valence-electron chi connectivity index (χ3n) is 2.50. The number of carbonyl (C=O) groups is 1. The summed E-state index contributed by atoms with van der Waals surface area (Å²) in [6, 6.07) is 5.37. The van der Waals surface area contributed by atoms with Crippen LogP contribution >= 0.6 is 28.3 Å². The largest absolute Gasteiger partial charge is 0.398 e. The molecule has 0 aliphatic carbocycles. The fraction of sp³-hybridized carbons (Fsp3) is 0.462. The van der Waals surface area contributed by atoms with Crippen molar-refractivity contribution in [2.75, 3.05) is 18.8 Å². The second-order valence-electron chi connectivity index (χ2n) is 4.47. The van der Waals surface area contributed by atoms with E-state index in [2.05, 4.69) is 29.8 Å². The number of nitrogen functional groups attached to an aromatic ring is 1. The smallest absolute Gasteiger partial charge is 0.255 e. The Balaban J connectivity index is 0.00000289. The lowest BCUT2D eigenvalue weighted by Gasteiger charge is -2.23. The summed E-state index contributed by atoms with van der Waals surface area (Å²) in [6.45, 7) is 7.63. The molecule has 0 spiro atoms. The molecule has 0 unspecified atom stereocenters. The highest BCUT2D eigenvalue weighted by molar-refractivity contribution is 9.10. The topological polar surface area (TPSA) is 46.3 Å². The molecule has 0 bridgehead atoms. The maximum Gasteiger partial charge on any atom is 0.255 e. The summed E-state index contributed by atoms with van der Waals surface area (Å²) >= 11 is 3.33. The lowest BCUT2D eigenvalue weighted by atomic mass is 10.1. The molecule has 3 nitrogen and oxygen atoms in total. The zero-order chi connectivity index (χ0) is 13.0. The van der Waals surface area contributed by atoms with Crippen LogP contribution in [0.4, 0.5) is 5.69 Å². The molecule has 0 aromatic heterocycles. The minimum atomic E-state index is 0. The molecule has 1 aromatic rings. The van der Waals surface area contributed by atoms with Crippen molar-refractivity contribution in [3.63, 3.8) is 0 Å². The average Bonchev–Trinajstić information content (AvgIpc) is 2.24. The molecule has 5 heteroatoms. The molecule has 0 heterocycles. The Morgan fingerprint density at radius 3 is 2.50 bits per heavy atom. The molecular formula is C13H20BrClN2O. The lowest BCUT2D eigenvalue weighted by Crippen LogP contribution is -2.34. The second-order valence-corrected chi connectivity index (χ2v) is 5.38. The van der Waals surface area contributed by atoms with Crippen LogP contribution in [0.25, 0.3) is 0 Å². The molecule has 1 rings (SSSR count). The van der Waals surface area contributed by atoms with E-state index in [1.54, 1.807) is 12.1 Å². The van der Waals surface area contributed by atoms with Gasteiger partial charge in [0.15, 0.2) is 0 Å². The van der Waals surface area contributed by atoms with Crippen LogP contribution in [-0.2, 0) is 0 Å². The van der Waals surface area contributed by atoms with Crippen LogP contribution < -0.4 is 5.73 Å². The van der Waals surface area contributed by atoms with E-state index in [0.29, 0.717) is 23.7 Å². The molecule has 102 valence electrons. The first-order valence-electron chi connectivity index (χ1n) is 5.80. The van der Waals surface area contributed by atoms with Gasteiger partial charge in [-0.25, -0.2) is 0 Å². The van der Waals surface area contributed by atoms with Crippen LogP contribution in [0.5, 0.6) is 0 Å². The van der Waals surface area contributed by atoms with Gasteiger partial charge < -0.3 is 10.6 Å². The summed E-state index contributed by atoms with van der Waals surface area (Å²) in [4.78, 5) is 14.1.